The van der Waals surface area contributed by atoms with Gasteiger partial charge in [0.05, 0.1) is 6.61 Å². The van der Waals surface area contributed by atoms with Crippen molar-refractivity contribution >= 4 is 35.5 Å². The van der Waals surface area contributed by atoms with Crippen LogP contribution in [0, 0.1) is 0 Å². The van der Waals surface area contributed by atoms with Crippen LogP contribution >= 0.6 is 11.8 Å². The normalized spacial score (nSPS) is 14.3. The molecule has 1 rings (SSSR count). The Morgan fingerprint density at radius 3 is 2.03 bits per heavy atom. The van der Waals surface area contributed by atoms with Crippen LogP contribution in [-0.2, 0) is 25.6 Å². The maximum absolute atomic E-state index is 13.0. The zero-order chi connectivity index (χ0) is 26.2. The smallest absolute Gasteiger partial charge is 0.326 e. The molecule has 11 nitrogen and oxygen atoms in total. The number of carboxylic acids is 1. The highest BCUT2D eigenvalue weighted by molar-refractivity contribution is 7.98. The molecule has 0 fully saturated rings. The van der Waals surface area contributed by atoms with Crippen LogP contribution in [0.3, 0.4) is 0 Å². The van der Waals surface area contributed by atoms with Gasteiger partial charge in [0.1, 0.15) is 24.2 Å². The number of carbonyl (C=O) groups excluding carboxylic acids is 3. The largest absolute Gasteiger partial charge is 0.480 e. The molecule has 0 spiro atoms. The summed E-state index contributed by atoms with van der Waals surface area (Å²) in [7, 11) is 0. The highest BCUT2D eigenvalue weighted by Crippen LogP contribution is 2.08. The van der Waals surface area contributed by atoms with Gasteiger partial charge in [0.25, 0.3) is 0 Å². The van der Waals surface area contributed by atoms with Crippen molar-refractivity contribution in [3.05, 3.63) is 35.9 Å². The number of carbonyl (C=O) groups is 4. The van der Waals surface area contributed by atoms with Crippen LogP contribution in [0.4, 0.5) is 0 Å². The third-order valence-electron chi connectivity index (χ3n) is 5.25. The molecular formula is C23H37N5O6S. The van der Waals surface area contributed by atoms with E-state index >= 15 is 0 Å². The van der Waals surface area contributed by atoms with Gasteiger partial charge in [-0.3, -0.25) is 14.4 Å². The monoisotopic (exact) mass is 511 g/mol. The van der Waals surface area contributed by atoms with Gasteiger partial charge in [-0.05, 0) is 49.8 Å². The Bertz CT molecular complexity index is 813. The first kappa shape index (κ1) is 30.4. The number of nitrogens with one attached hydrogen (secondary N) is 3. The molecular weight excluding hydrogens is 474 g/mol. The maximum atomic E-state index is 13.0. The van der Waals surface area contributed by atoms with Crippen molar-refractivity contribution in [2.45, 2.75) is 56.3 Å². The number of amides is 3. The fourth-order valence-corrected chi connectivity index (χ4v) is 3.69. The van der Waals surface area contributed by atoms with Crippen molar-refractivity contribution in [1.29, 1.82) is 0 Å². The van der Waals surface area contributed by atoms with Gasteiger partial charge in [0.2, 0.25) is 17.7 Å². The zero-order valence-corrected chi connectivity index (χ0v) is 20.8. The Labute approximate surface area is 209 Å². The van der Waals surface area contributed by atoms with E-state index in [0.717, 1.165) is 5.56 Å². The van der Waals surface area contributed by atoms with Crippen LogP contribution in [0.25, 0.3) is 0 Å². The molecule has 0 heterocycles. The van der Waals surface area contributed by atoms with E-state index in [2.05, 4.69) is 16.0 Å². The number of hydrogen-bond donors (Lipinski definition) is 7. The molecule has 0 aliphatic carbocycles. The number of hydrogen-bond acceptors (Lipinski definition) is 8. The summed E-state index contributed by atoms with van der Waals surface area (Å²) in [5.74, 6) is -2.58. The average Bonchev–Trinajstić information content (AvgIpc) is 2.85. The summed E-state index contributed by atoms with van der Waals surface area (Å²) in [5.41, 5.74) is 11.8. The van der Waals surface area contributed by atoms with E-state index in [4.69, 9.17) is 16.6 Å². The lowest BCUT2D eigenvalue weighted by molar-refractivity contribution is -0.142. The standard InChI is InChI=1S/C23H37N5O6S/c1-35-12-10-18(22(32)28-19(23(33)34)13-15-7-3-2-4-8-15)27-21(31)17(9-5-6-11-24)26-20(30)16(25)14-29/h2-4,7-8,16-19,29H,5-6,9-14,24-25H2,1H3,(H,26,30)(H,27,31)(H,28,32)(H,33,34). The molecule has 9 N–H and O–H groups in total. The fraction of sp³-hybridized carbons (Fsp3) is 0.565. The highest BCUT2D eigenvalue weighted by Gasteiger charge is 2.30. The van der Waals surface area contributed by atoms with Crippen molar-refractivity contribution in [2.75, 3.05) is 25.2 Å². The Morgan fingerprint density at radius 1 is 0.914 bits per heavy atom. The van der Waals surface area contributed by atoms with Crippen LogP contribution < -0.4 is 27.4 Å². The first-order chi connectivity index (χ1) is 16.7. The van der Waals surface area contributed by atoms with Crippen molar-refractivity contribution in [1.82, 2.24) is 16.0 Å². The van der Waals surface area contributed by atoms with Gasteiger partial charge in [-0.15, -0.1) is 0 Å². The Kier molecular flexibility index (Phi) is 14.6. The number of benzene rings is 1. The van der Waals surface area contributed by atoms with E-state index in [9.17, 15) is 24.3 Å². The number of aliphatic hydroxyl groups excluding tert-OH is 1. The summed E-state index contributed by atoms with van der Waals surface area (Å²) < 4.78 is 0. The van der Waals surface area contributed by atoms with Crippen molar-refractivity contribution in [2.24, 2.45) is 11.5 Å². The van der Waals surface area contributed by atoms with Crippen LogP contribution in [0.2, 0.25) is 0 Å². The number of unbranched alkanes of at least 4 members (excludes halogenated alkanes) is 1. The van der Waals surface area contributed by atoms with Gasteiger partial charge in [0.15, 0.2) is 0 Å². The first-order valence-corrected chi connectivity index (χ1v) is 12.9. The van der Waals surface area contributed by atoms with Gasteiger partial charge in [-0.1, -0.05) is 30.3 Å². The van der Waals surface area contributed by atoms with E-state index in [0.29, 0.717) is 25.1 Å². The van der Waals surface area contributed by atoms with Crippen molar-refractivity contribution in [3.8, 4) is 0 Å². The maximum Gasteiger partial charge on any atom is 0.326 e. The molecule has 0 saturated carbocycles. The van der Waals surface area contributed by atoms with E-state index in [-0.39, 0.29) is 19.3 Å². The minimum atomic E-state index is -1.19. The predicted octanol–water partition coefficient (Wildman–Crippen LogP) is -1.03. The minimum absolute atomic E-state index is 0.0852. The molecule has 196 valence electrons. The molecule has 0 bridgehead atoms. The number of rotatable bonds is 17. The number of thioether (sulfide) groups is 1. The molecule has 0 aliphatic rings. The van der Waals surface area contributed by atoms with Gasteiger partial charge in [0, 0.05) is 6.42 Å². The van der Waals surface area contributed by atoms with Gasteiger partial charge in [-0.2, -0.15) is 11.8 Å². The third-order valence-corrected chi connectivity index (χ3v) is 5.90. The lowest BCUT2D eigenvalue weighted by Crippen LogP contribution is -2.57. The molecule has 12 heteroatoms. The first-order valence-electron chi connectivity index (χ1n) is 11.5. The lowest BCUT2D eigenvalue weighted by atomic mass is 10.0. The second-order valence-electron chi connectivity index (χ2n) is 8.07. The third kappa shape index (κ3) is 11.5. The van der Waals surface area contributed by atoms with Crippen LogP contribution in [0.15, 0.2) is 30.3 Å². The molecule has 3 amide bonds. The fourth-order valence-electron chi connectivity index (χ4n) is 3.22. The second-order valence-corrected chi connectivity index (χ2v) is 9.05. The summed E-state index contributed by atoms with van der Waals surface area (Å²) in [6.45, 7) is -0.172. The molecule has 1 aromatic rings. The molecule has 4 unspecified atom stereocenters. The number of nitrogens with two attached hydrogens (primary N) is 2. The van der Waals surface area contributed by atoms with E-state index in [1.165, 1.54) is 11.8 Å². The van der Waals surface area contributed by atoms with Crippen LogP contribution in [0.1, 0.15) is 31.2 Å². The van der Waals surface area contributed by atoms with Crippen LogP contribution in [-0.4, -0.2) is 83.2 Å². The quantitative estimate of drug-likeness (QED) is 0.128. The Hall–Kier alpha value is -2.67. The van der Waals surface area contributed by atoms with Gasteiger partial charge < -0.3 is 37.6 Å². The molecule has 0 aromatic heterocycles. The number of aliphatic carboxylic acids is 1. The summed E-state index contributed by atoms with van der Waals surface area (Å²) in [5, 5.41) is 26.4. The highest BCUT2D eigenvalue weighted by atomic mass is 32.2. The summed E-state index contributed by atoms with van der Waals surface area (Å²) in [6, 6.07) is 4.53. The molecule has 0 radical (unpaired) electrons. The topological polar surface area (TPSA) is 197 Å². The molecule has 0 saturated heterocycles. The summed E-state index contributed by atoms with van der Waals surface area (Å²) >= 11 is 1.47. The Balaban J connectivity index is 2.95. The predicted molar refractivity (Wildman–Crippen MR) is 135 cm³/mol. The SMILES string of the molecule is CSCCC(NC(=O)C(CCCCN)NC(=O)C(N)CO)C(=O)NC(Cc1ccccc1)C(=O)O. The molecule has 35 heavy (non-hydrogen) atoms. The van der Waals surface area contributed by atoms with E-state index in [1.54, 1.807) is 24.3 Å². The minimum Gasteiger partial charge on any atom is -0.480 e. The van der Waals surface area contributed by atoms with Gasteiger partial charge >= 0.3 is 5.97 Å². The molecule has 1 aromatic carbocycles. The average molecular weight is 512 g/mol. The lowest BCUT2D eigenvalue weighted by Gasteiger charge is -2.25. The Morgan fingerprint density at radius 2 is 1.49 bits per heavy atom. The zero-order valence-electron chi connectivity index (χ0n) is 19.9. The summed E-state index contributed by atoms with van der Waals surface area (Å²) in [4.78, 5) is 49.9. The summed E-state index contributed by atoms with van der Waals surface area (Å²) in [6.07, 6.45) is 3.62. The van der Waals surface area contributed by atoms with Crippen molar-refractivity contribution in [3.63, 3.8) is 0 Å². The van der Waals surface area contributed by atoms with Gasteiger partial charge in [-0.25, -0.2) is 4.79 Å². The van der Waals surface area contributed by atoms with Crippen LogP contribution in [0.5, 0.6) is 0 Å². The molecule has 0 aliphatic heterocycles. The number of carboxylic acid groups (broad SMARTS) is 1. The number of aliphatic hydroxyl groups is 1. The van der Waals surface area contributed by atoms with Crippen molar-refractivity contribution < 1.29 is 29.4 Å². The van der Waals surface area contributed by atoms with E-state index < -0.39 is 54.5 Å². The van der Waals surface area contributed by atoms with E-state index in [1.807, 2.05) is 12.3 Å². The molecule has 4 atom stereocenters. The second kappa shape index (κ2) is 16.9.